The van der Waals surface area contributed by atoms with Crippen molar-refractivity contribution in [3.8, 4) is 0 Å². The van der Waals surface area contributed by atoms with E-state index < -0.39 is 0 Å². The maximum atomic E-state index is 12.6. The van der Waals surface area contributed by atoms with Crippen LogP contribution >= 0.6 is 11.6 Å². The molecule has 2 aromatic carbocycles. The Balaban J connectivity index is 1.67. The van der Waals surface area contributed by atoms with E-state index in [1.165, 1.54) is 0 Å². The van der Waals surface area contributed by atoms with Gasteiger partial charge in [0.05, 0.1) is 11.4 Å². The van der Waals surface area contributed by atoms with Crippen LogP contribution in [0.15, 0.2) is 48.5 Å². The Labute approximate surface area is 145 Å². The van der Waals surface area contributed by atoms with Gasteiger partial charge in [-0.3, -0.25) is 14.5 Å². The zero-order valence-corrected chi connectivity index (χ0v) is 14.1. The average molecular weight is 345 g/mol. The molecule has 3 rings (SSSR count). The number of hydrogen-bond acceptors (Lipinski definition) is 2. The largest absolute Gasteiger partial charge is 0.333 e. The summed E-state index contributed by atoms with van der Waals surface area (Å²) >= 11 is 5.90. The number of nitrogens with zero attached hydrogens (tertiary/aromatic N) is 1. The molecule has 0 aromatic heterocycles. The zero-order valence-electron chi connectivity index (χ0n) is 13.3. The fourth-order valence-corrected chi connectivity index (χ4v) is 2.87. The van der Waals surface area contributed by atoms with Crippen LogP contribution in [0.25, 0.3) is 0 Å². The molecular formula is C18H19ClN3O2+. The monoisotopic (exact) mass is 344 g/mol. The molecule has 1 atom stereocenters. The molecule has 0 fully saturated rings. The van der Waals surface area contributed by atoms with Gasteiger partial charge >= 0.3 is 0 Å². The second-order valence-corrected chi connectivity index (χ2v) is 6.26. The summed E-state index contributed by atoms with van der Waals surface area (Å²) in [5.74, 6) is -0.258. The summed E-state index contributed by atoms with van der Waals surface area (Å²) in [4.78, 5) is 25.9. The SMILES string of the molecule is C[C@@H]([NH2+]CC(=O)N1CC(=O)Nc2ccccc21)c1ccc(Cl)cc1. The number of quaternary nitrogens is 1. The first-order valence-corrected chi connectivity index (χ1v) is 8.20. The summed E-state index contributed by atoms with van der Waals surface area (Å²) in [6.07, 6.45) is 0. The number of hydrogen-bond donors (Lipinski definition) is 2. The third-order valence-corrected chi connectivity index (χ3v) is 4.37. The number of benzene rings is 2. The van der Waals surface area contributed by atoms with Gasteiger partial charge in [0.15, 0.2) is 6.54 Å². The third kappa shape index (κ3) is 3.58. The van der Waals surface area contributed by atoms with Gasteiger partial charge in [0.2, 0.25) is 5.91 Å². The minimum Gasteiger partial charge on any atom is -0.333 e. The molecule has 5 nitrogen and oxygen atoms in total. The predicted molar refractivity (Wildman–Crippen MR) is 94.1 cm³/mol. The fraction of sp³-hybridized carbons (Fsp3) is 0.222. The highest BCUT2D eigenvalue weighted by Gasteiger charge is 2.27. The Morgan fingerprint density at radius 2 is 1.96 bits per heavy atom. The summed E-state index contributed by atoms with van der Waals surface area (Å²) in [7, 11) is 0. The molecule has 24 heavy (non-hydrogen) atoms. The van der Waals surface area contributed by atoms with Crippen LogP contribution in [-0.4, -0.2) is 24.9 Å². The van der Waals surface area contributed by atoms with Crippen molar-refractivity contribution < 1.29 is 14.9 Å². The molecule has 0 saturated carbocycles. The van der Waals surface area contributed by atoms with Crippen molar-refractivity contribution >= 4 is 34.8 Å². The number of amides is 2. The number of nitrogens with one attached hydrogen (secondary N) is 1. The van der Waals surface area contributed by atoms with Crippen LogP contribution in [0, 0.1) is 0 Å². The molecule has 3 N–H and O–H groups in total. The highest BCUT2D eigenvalue weighted by molar-refractivity contribution is 6.30. The number of carbonyl (C=O) groups excluding carboxylic acids is 2. The average Bonchev–Trinajstić information content (AvgIpc) is 2.59. The van der Waals surface area contributed by atoms with Gasteiger partial charge in [-0.1, -0.05) is 35.9 Å². The van der Waals surface area contributed by atoms with E-state index in [2.05, 4.69) is 5.32 Å². The Morgan fingerprint density at radius 3 is 2.71 bits per heavy atom. The molecular weight excluding hydrogens is 326 g/mol. The Morgan fingerprint density at radius 1 is 1.25 bits per heavy atom. The number of halogens is 1. The van der Waals surface area contributed by atoms with E-state index in [4.69, 9.17) is 11.6 Å². The highest BCUT2D eigenvalue weighted by atomic mass is 35.5. The summed E-state index contributed by atoms with van der Waals surface area (Å²) in [5, 5.41) is 5.44. The minimum atomic E-state index is -0.173. The van der Waals surface area contributed by atoms with Crippen molar-refractivity contribution in [2.45, 2.75) is 13.0 Å². The normalized spacial score (nSPS) is 14.8. The molecule has 6 heteroatoms. The van der Waals surface area contributed by atoms with Crippen molar-refractivity contribution in [3.05, 3.63) is 59.1 Å². The van der Waals surface area contributed by atoms with Crippen LogP contribution in [0.3, 0.4) is 0 Å². The standard InChI is InChI=1S/C18H18ClN3O2/c1-12(13-6-8-14(19)9-7-13)20-10-18(24)22-11-17(23)21-15-4-2-3-5-16(15)22/h2-9,12,20H,10-11H2,1H3,(H,21,23)/p+1/t12-/m1/s1. The molecule has 0 aliphatic carbocycles. The lowest BCUT2D eigenvalue weighted by molar-refractivity contribution is -0.682. The number of anilines is 2. The lowest BCUT2D eigenvalue weighted by Crippen LogP contribution is -2.87. The number of nitrogens with two attached hydrogens (primary N) is 1. The van der Waals surface area contributed by atoms with Crippen molar-refractivity contribution in [1.29, 1.82) is 0 Å². The second kappa shape index (κ2) is 7.03. The number of rotatable bonds is 4. The molecule has 124 valence electrons. The molecule has 1 heterocycles. The van der Waals surface area contributed by atoms with E-state index in [1.807, 2.05) is 54.7 Å². The van der Waals surface area contributed by atoms with Crippen LogP contribution in [0.2, 0.25) is 5.02 Å². The maximum absolute atomic E-state index is 12.6. The molecule has 2 amide bonds. The summed E-state index contributed by atoms with van der Waals surface area (Å²) < 4.78 is 0. The van der Waals surface area contributed by atoms with Crippen LogP contribution in [0.4, 0.5) is 11.4 Å². The molecule has 2 aromatic rings. The zero-order chi connectivity index (χ0) is 17.1. The number of para-hydroxylation sites is 2. The second-order valence-electron chi connectivity index (χ2n) is 5.83. The van der Waals surface area contributed by atoms with Crippen molar-refractivity contribution in [3.63, 3.8) is 0 Å². The first-order chi connectivity index (χ1) is 11.5. The molecule has 0 saturated heterocycles. The molecule has 1 aliphatic rings. The van der Waals surface area contributed by atoms with E-state index >= 15 is 0 Å². The number of carbonyl (C=O) groups is 2. The van der Waals surface area contributed by atoms with Crippen LogP contribution in [0.5, 0.6) is 0 Å². The van der Waals surface area contributed by atoms with Gasteiger partial charge in [-0.2, -0.15) is 0 Å². The first-order valence-electron chi connectivity index (χ1n) is 7.82. The lowest BCUT2D eigenvalue weighted by Gasteiger charge is -2.28. The smallest absolute Gasteiger partial charge is 0.282 e. The Bertz CT molecular complexity index is 761. The summed E-state index contributed by atoms with van der Waals surface area (Å²) in [5.41, 5.74) is 2.52. The van der Waals surface area contributed by atoms with E-state index in [-0.39, 0.29) is 30.9 Å². The molecule has 0 spiro atoms. The van der Waals surface area contributed by atoms with Gasteiger partial charge in [0, 0.05) is 10.6 Å². The van der Waals surface area contributed by atoms with Gasteiger partial charge < -0.3 is 10.6 Å². The van der Waals surface area contributed by atoms with Gasteiger partial charge in [-0.15, -0.1) is 0 Å². The molecule has 0 radical (unpaired) electrons. The summed E-state index contributed by atoms with van der Waals surface area (Å²) in [6, 6.07) is 15.1. The van der Waals surface area contributed by atoms with E-state index in [0.717, 1.165) is 11.3 Å². The van der Waals surface area contributed by atoms with Gasteiger partial charge in [0.1, 0.15) is 12.6 Å². The topological polar surface area (TPSA) is 66.0 Å². The van der Waals surface area contributed by atoms with Gasteiger partial charge in [-0.25, -0.2) is 0 Å². The molecule has 0 unspecified atom stereocenters. The van der Waals surface area contributed by atoms with Crippen molar-refractivity contribution in [2.75, 3.05) is 23.3 Å². The van der Waals surface area contributed by atoms with Crippen LogP contribution in [0.1, 0.15) is 18.5 Å². The maximum Gasteiger partial charge on any atom is 0.282 e. The van der Waals surface area contributed by atoms with Crippen molar-refractivity contribution in [2.24, 2.45) is 0 Å². The minimum absolute atomic E-state index is 0.0546. The molecule has 0 bridgehead atoms. The van der Waals surface area contributed by atoms with E-state index in [0.29, 0.717) is 10.7 Å². The van der Waals surface area contributed by atoms with E-state index in [1.54, 1.807) is 11.0 Å². The predicted octanol–water partition coefficient (Wildman–Crippen LogP) is 1.95. The van der Waals surface area contributed by atoms with E-state index in [9.17, 15) is 9.59 Å². The van der Waals surface area contributed by atoms with Gasteiger partial charge in [-0.05, 0) is 31.2 Å². The first kappa shape index (κ1) is 16.5. The quantitative estimate of drug-likeness (QED) is 0.890. The summed E-state index contributed by atoms with van der Waals surface area (Å²) in [6.45, 7) is 2.36. The molecule has 1 aliphatic heterocycles. The highest BCUT2D eigenvalue weighted by Crippen LogP contribution is 2.28. The number of fused-ring (bicyclic) bond motifs is 1. The fourth-order valence-electron chi connectivity index (χ4n) is 2.75. The van der Waals surface area contributed by atoms with Gasteiger partial charge in [0.25, 0.3) is 5.91 Å². The Hall–Kier alpha value is -2.37. The Kier molecular flexibility index (Phi) is 4.83. The van der Waals surface area contributed by atoms with Crippen LogP contribution in [-0.2, 0) is 9.59 Å². The lowest BCUT2D eigenvalue weighted by atomic mass is 10.1. The third-order valence-electron chi connectivity index (χ3n) is 4.11. The van der Waals surface area contributed by atoms with Crippen LogP contribution < -0.4 is 15.5 Å². The van der Waals surface area contributed by atoms with Crippen molar-refractivity contribution in [1.82, 2.24) is 0 Å².